The minimum absolute atomic E-state index is 0.108. The van der Waals surface area contributed by atoms with Gasteiger partial charge >= 0.3 is 0 Å². The highest BCUT2D eigenvalue weighted by Gasteiger charge is 2.43. The highest BCUT2D eigenvalue weighted by atomic mass is 19.1. The van der Waals surface area contributed by atoms with E-state index in [-0.39, 0.29) is 31.2 Å². The zero-order valence-electron chi connectivity index (χ0n) is 19.5. The molecule has 4 rings (SSSR count). The van der Waals surface area contributed by atoms with Crippen LogP contribution in [0.15, 0.2) is 60.8 Å². The number of hydrogen-bond acceptors (Lipinski definition) is 7. The van der Waals surface area contributed by atoms with Crippen molar-refractivity contribution >= 4 is 5.91 Å². The second kappa shape index (κ2) is 11.5. The summed E-state index contributed by atoms with van der Waals surface area (Å²) in [6, 6.07) is 15.9. The third-order valence-electron chi connectivity index (χ3n) is 5.93. The molecule has 35 heavy (non-hydrogen) atoms. The van der Waals surface area contributed by atoms with Gasteiger partial charge in [-0.2, -0.15) is 0 Å². The lowest BCUT2D eigenvalue weighted by molar-refractivity contribution is -0.125. The summed E-state index contributed by atoms with van der Waals surface area (Å²) >= 11 is 0. The Hall–Kier alpha value is -3.18. The smallest absolute Gasteiger partial charge is 0.222 e. The monoisotopic (exact) mass is 483 g/mol. The molecule has 4 atom stereocenters. The molecule has 186 valence electrons. The number of nitrogens with one attached hydrogen (secondary N) is 1. The molecule has 0 unspecified atom stereocenters. The van der Waals surface area contributed by atoms with Gasteiger partial charge in [-0.15, -0.1) is 5.10 Å². The molecule has 0 spiro atoms. The number of hydrogen-bond donors (Lipinski definition) is 3. The van der Waals surface area contributed by atoms with Crippen LogP contribution >= 0.6 is 0 Å². The minimum atomic E-state index is -1.20. The Morgan fingerprint density at radius 2 is 1.77 bits per heavy atom. The van der Waals surface area contributed by atoms with Crippen LogP contribution in [0, 0.1) is 5.82 Å². The Morgan fingerprint density at radius 3 is 2.51 bits per heavy atom. The van der Waals surface area contributed by atoms with Gasteiger partial charge in [-0.1, -0.05) is 47.7 Å². The van der Waals surface area contributed by atoms with Crippen LogP contribution in [0.2, 0.25) is 0 Å². The molecule has 3 N–H and O–H groups in total. The number of halogens is 1. The van der Waals surface area contributed by atoms with Crippen LogP contribution < -0.4 is 5.32 Å². The van der Waals surface area contributed by atoms with E-state index in [9.17, 15) is 19.4 Å². The van der Waals surface area contributed by atoms with Gasteiger partial charge in [0.2, 0.25) is 5.91 Å². The summed E-state index contributed by atoms with van der Waals surface area (Å²) in [6.45, 7) is 1.80. The molecule has 1 fully saturated rings. The summed E-state index contributed by atoms with van der Waals surface area (Å²) in [6.07, 6.45) is -2.25. The number of carbonyl (C=O) groups is 1. The molecule has 0 saturated carbocycles. The first-order valence-corrected chi connectivity index (χ1v) is 11.5. The number of nitrogens with zero attached hydrogens (tertiary/aromatic N) is 4. The molecule has 3 aromatic rings. The molecular formula is C25H30FN5O4. The topological polar surface area (TPSA) is 113 Å². The molecule has 1 aliphatic rings. The largest absolute Gasteiger partial charge is 0.388 e. The lowest BCUT2D eigenvalue weighted by atomic mass is 10.1. The standard InChI is InChI=1S/C25H30FN5O4/c1-30(13-18-5-3-2-4-6-18)14-20-15-31(29-28-20)16-22-25(34)24(33)21(35-22)11-23(32)27-12-17-7-9-19(26)10-8-17/h2-10,15,21-22,24-25,33-34H,11-14,16H2,1H3,(H,27,32)/t21-,22+,24-,25+/m0/s1. The van der Waals surface area contributed by atoms with E-state index in [2.05, 4.69) is 32.7 Å². The lowest BCUT2D eigenvalue weighted by Crippen LogP contribution is -2.36. The van der Waals surface area contributed by atoms with Crippen LogP contribution in [0.4, 0.5) is 4.39 Å². The molecule has 0 radical (unpaired) electrons. The van der Waals surface area contributed by atoms with E-state index in [1.807, 2.05) is 25.2 Å². The van der Waals surface area contributed by atoms with Crippen molar-refractivity contribution in [3.63, 3.8) is 0 Å². The van der Waals surface area contributed by atoms with Crippen molar-refractivity contribution in [2.24, 2.45) is 0 Å². The third-order valence-corrected chi connectivity index (χ3v) is 5.93. The molecule has 10 heteroatoms. The van der Waals surface area contributed by atoms with E-state index in [1.54, 1.807) is 23.0 Å². The first-order valence-electron chi connectivity index (χ1n) is 11.5. The van der Waals surface area contributed by atoms with Crippen molar-refractivity contribution in [2.75, 3.05) is 7.05 Å². The highest BCUT2D eigenvalue weighted by molar-refractivity contribution is 5.76. The van der Waals surface area contributed by atoms with Crippen LogP contribution in [-0.2, 0) is 35.7 Å². The summed E-state index contributed by atoms with van der Waals surface area (Å²) < 4.78 is 20.4. The third kappa shape index (κ3) is 6.92. The lowest BCUT2D eigenvalue weighted by Gasteiger charge is -2.15. The summed E-state index contributed by atoms with van der Waals surface area (Å²) in [5.74, 6) is -0.683. The van der Waals surface area contributed by atoms with Crippen LogP contribution in [0.1, 0.15) is 23.2 Å². The fraction of sp³-hybridized carbons (Fsp3) is 0.400. The fourth-order valence-corrected chi connectivity index (χ4v) is 4.12. The minimum Gasteiger partial charge on any atom is -0.388 e. The fourth-order valence-electron chi connectivity index (χ4n) is 4.12. The molecule has 0 aliphatic carbocycles. The first kappa shape index (κ1) is 24.9. The number of benzene rings is 2. The average Bonchev–Trinajstić information content (AvgIpc) is 3.38. The number of aliphatic hydroxyl groups is 2. The molecule has 1 aromatic heterocycles. The normalized spacial score (nSPS) is 22.0. The SMILES string of the molecule is CN(Cc1ccccc1)Cc1cn(C[C@H]2O[C@@H](CC(=O)NCc3ccc(F)cc3)[C@H](O)[C@@H]2O)nn1. The first-order chi connectivity index (χ1) is 16.9. The van der Waals surface area contributed by atoms with E-state index in [0.717, 1.165) is 17.8 Å². The van der Waals surface area contributed by atoms with Gasteiger partial charge in [-0.25, -0.2) is 9.07 Å². The van der Waals surface area contributed by atoms with E-state index >= 15 is 0 Å². The van der Waals surface area contributed by atoms with Crippen molar-refractivity contribution in [1.82, 2.24) is 25.2 Å². The van der Waals surface area contributed by atoms with Crippen molar-refractivity contribution in [2.45, 2.75) is 57.0 Å². The van der Waals surface area contributed by atoms with Crippen LogP contribution in [0.5, 0.6) is 0 Å². The van der Waals surface area contributed by atoms with Gasteiger partial charge in [0.15, 0.2) is 0 Å². The number of aliphatic hydroxyl groups excluding tert-OH is 2. The number of ether oxygens (including phenoxy) is 1. The van der Waals surface area contributed by atoms with Gasteiger partial charge in [-0.3, -0.25) is 9.69 Å². The predicted octanol–water partition coefficient (Wildman–Crippen LogP) is 1.24. The second-order valence-electron chi connectivity index (χ2n) is 8.89. The van der Waals surface area contributed by atoms with E-state index in [0.29, 0.717) is 6.54 Å². The number of aromatic nitrogens is 3. The molecule has 1 saturated heterocycles. The molecule has 9 nitrogen and oxygen atoms in total. The Morgan fingerprint density at radius 1 is 1.06 bits per heavy atom. The molecule has 0 bridgehead atoms. The molecule has 2 aromatic carbocycles. The van der Waals surface area contributed by atoms with Crippen molar-refractivity contribution in [3.05, 3.63) is 83.4 Å². The van der Waals surface area contributed by atoms with Crippen LogP contribution in [0.3, 0.4) is 0 Å². The van der Waals surface area contributed by atoms with Gasteiger partial charge in [0.05, 0.1) is 24.8 Å². The molecule has 2 heterocycles. The average molecular weight is 484 g/mol. The van der Waals surface area contributed by atoms with Crippen molar-refractivity contribution in [1.29, 1.82) is 0 Å². The molecule has 1 aliphatic heterocycles. The van der Waals surface area contributed by atoms with Gasteiger partial charge < -0.3 is 20.3 Å². The Balaban J connectivity index is 1.25. The van der Waals surface area contributed by atoms with Gasteiger partial charge in [0.1, 0.15) is 24.1 Å². The summed E-state index contributed by atoms with van der Waals surface area (Å²) in [5.41, 5.74) is 2.72. The van der Waals surface area contributed by atoms with E-state index < -0.39 is 24.4 Å². The molecular weight excluding hydrogens is 453 g/mol. The quantitative estimate of drug-likeness (QED) is 0.398. The van der Waals surface area contributed by atoms with E-state index in [4.69, 9.17) is 4.74 Å². The Bertz CT molecular complexity index is 1090. The predicted molar refractivity (Wildman–Crippen MR) is 125 cm³/mol. The van der Waals surface area contributed by atoms with Gasteiger partial charge in [-0.05, 0) is 30.3 Å². The maximum Gasteiger partial charge on any atom is 0.222 e. The van der Waals surface area contributed by atoms with Crippen molar-refractivity contribution < 1.29 is 24.1 Å². The zero-order valence-corrected chi connectivity index (χ0v) is 19.5. The Kier molecular flexibility index (Phi) is 8.19. The summed E-state index contributed by atoms with van der Waals surface area (Å²) in [4.78, 5) is 14.4. The zero-order chi connectivity index (χ0) is 24.8. The summed E-state index contributed by atoms with van der Waals surface area (Å²) in [5, 5.41) is 31.9. The maximum atomic E-state index is 13.0. The number of rotatable bonds is 10. The van der Waals surface area contributed by atoms with Crippen LogP contribution in [0.25, 0.3) is 0 Å². The van der Waals surface area contributed by atoms with E-state index in [1.165, 1.54) is 17.7 Å². The van der Waals surface area contributed by atoms with Gasteiger partial charge in [0, 0.05) is 25.8 Å². The second-order valence-corrected chi connectivity index (χ2v) is 8.89. The number of carbonyl (C=O) groups excluding carboxylic acids is 1. The van der Waals surface area contributed by atoms with Gasteiger partial charge in [0.25, 0.3) is 0 Å². The summed E-state index contributed by atoms with van der Waals surface area (Å²) in [7, 11) is 2.00. The Labute approximate surface area is 203 Å². The molecule has 1 amide bonds. The number of amides is 1. The van der Waals surface area contributed by atoms with Crippen LogP contribution in [-0.4, -0.2) is 67.5 Å². The van der Waals surface area contributed by atoms with Crippen molar-refractivity contribution in [3.8, 4) is 0 Å². The maximum absolute atomic E-state index is 13.0. The highest BCUT2D eigenvalue weighted by Crippen LogP contribution is 2.25.